The molecule has 3 heteroatoms. The fraction of sp³-hybridized carbons (Fsp3) is 0.588. The molecule has 0 bridgehead atoms. The van der Waals surface area contributed by atoms with Gasteiger partial charge in [0.05, 0.1) is 18.6 Å². The Balaban J connectivity index is 1.80. The smallest absolute Gasteiger partial charge is 0.233 e. The van der Waals surface area contributed by atoms with E-state index in [1.165, 1.54) is 5.56 Å². The molecule has 108 valence electrons. The van der Waals surface area contributed by atoms with Gasteiger partial charge in [-0.05, 0) is 17.9 Å². The first-order valence-electron chi connectivity index (χ1n) is 7.34. The van der Waals surface area contributed by atoms with Crippen LogP contribution < -0.4 is 0 Å². The lowest BCUT2D eigenvalue weighted by atomic mass is 9.78. The van der Waals surface area contributed by atoms with E-state index >= 15 is 0 Å². The normalized spacial score (nSPS) is 27.1. The summed E-state index contributed by atoms with van der Waals surface area (Å²) in [6.07, 6.45) is 0. The van der Waals surface area contributed by atoms with E-state index in [2.05, 4.69) is 38.1 Å². The van der Waals surface area contributed by atoms with Crippen molar-refractivity contribution < 1.29 is 9.53 Å². The summed E-state index contributed by atoms with van der Waals surface area (Å²) >= 11 is 0. The van der Waals surface area contributed by atoms with Gasteiger partial charge in [0.1, 0.15) is 0 Å². The molecule has 2 fully saturated rings. The number of nitrogens with zero attached hydrogens (tertiary/aromatic N) is 1. The van der Waals surface area contributed by atoms with Crippen molar-refractivity contribution in [3.05, 3.63) is 35.9 Å². The summed E-state index contributed by atoms with van der Waals surface area (Å²) < 4.78 is 5.23. The minimum absolute atomic E-state index is 0.123. The Morgan fingerprint density at radius 2 is 1.85 bits per heavy atom. The molecule has 0 N–H and O–H groups in total. The van der Waals surface area contributed by atoms with E-state index in [1.54, 1.807) is 0 Å². The van der Waals surface area contributed by atoms with Crippen molar-refractivity contribution in [2.45, 2.75) is 26.7 Å². The molecule has 1 aromatic carbocycles. The van der Waals surface area contributed by atoms with Crippen LogP contribution in [0.25, 0.3) is 0 Å². The number of hydrogen-bond acceptors (Lipinski definition) is 2. The molecule has 2 aliphatic heterocycles. The van der Waals surface area contributed by atoms with Crippen LogP contribution in [-0.4, -0.2) is 37.1 Å². The third kappa shape index (κ3) is 2.14. The Morgan fingerprint density at radius 3 is 2.40 bits per heavy atom. The SMILES string of the molecule is CC1(C(=O)N2C[C@H](c3ccccc3)C(C)(C)C2)COC1. The zero-order valence-electron chi connectivity index (χ0n) is 12.6. The molecule has 0 radical (unpaired) electrons. The van der Waals surface area contributed by atoms with Gasteiger partial charge in [-0.25, -0.2) is 0 Å². The van der Waals surface area contributed by atoms with Gasteiger partial charge in [-0.15, -0.1) is 0 Å². The van der Waals surface area contributed by atoms with Gasteiger partial charge in [0.2, 0.25) is 5.91 Å². The Bertz CT molecular complexity index is 505. The molecule has 1 aromatic rings. The van der Waals surface area contributed by atoms with Crippen LogP contribution >= 0.6 is 0 Å². The minimum Gasteiger partial charge on any atom is -0.379 e. The van der Waals surface area contributed by atoms with E-state index < -0.39 is 0 Å². The second kappa shape index (κ2) is 4.59. The van der Waals surface area contributed by atoms with Gasteiger partial charge >= 0.3 is 0 Å². The molecule has 0 unspecified atom stereocenters. The highest BCUT2D eigenvalue weighted by molar-refractivity contribution is 5.84. The van der Waals surface area contributed by atoms with Crippen molar-refractivity contribution in [2.24, 2.45) is 10.8 Å². The van der Waals surface area contributed by atoms with Crippen LogP contribution in [0, 0.1) is 10.8 Å². The summed E-state index contributed by atoms with van der Waals surface area (Å²) in [5, 5.41) is 0. The molecule has 2 heterocycles. The van der Waals surface area contributed by atoms with Crippen molar-refractivity contribution in [3.8, 4) is 0 Å². The molecule has 2 saturated heterocycles. The molecule has 0 aliphatic carbocycles. The quantitative estimate of drug-likeness (QED) is 0.829. The summed E-state index contributed by atoms with van der Waals surface area (Å²) in [4.78, 5) is 14.7. The molecular weight excluding hydrogens is 250 g/mol. The van der Waals surface area contributed by atoms with E-state index in [4.69, 9.17) is 4.74 Å². The first kappa shape index (κ1) is 13.6. The van der Waals surface area contributed by atoms with Crippen molar-refractivity contribution in [3.63, 3.8) is 0 Å². The van der Waals surface area contributed by atoms with Gasteiger partial charge in [-0.3, -0.25) is 4.79 Å². The van der Waals surface area contributed by atoms with Crippen LogP contribution in [-0.2, 0) is 9.53 Å². The number of amides is 1. The number of rotatable bonds is 2. The summed E-state index contributed by atoms with van der Waals surface area (Å²) in [5.41, 5.74) is 1.17. The van der Waals surface area contributed by atoms with Crippen LogP contribution in [0.15, 0.2) is 30.3 Å². The van der Waals surface area contributed by atoms with Gasteiger partial charge in [0.25, 0.3) is 0 Å². The van der Waals surface area contributed by atoms with Crippen molar-refractivity contribution in [1.29, 1.82) is 0 Å². The highest BCUT2D eigenvalue weighted by atomic mass is 16.5. The molecule has 3 rings (SSSR count). The highest BCUT2D eigenvalue weighted by Gasteiger charge is 2.49. The number of hydrogen-bond donors (Lipinski definition) is 0. The Kier molecular flexibility index (Phi) is 3.13. The van der Waals surface area contributed by atoms with Crippen molar-refractivity contribution in [1.82, 2.24) is 4.90 Å². The molecule has 0 aromatic heterocycles. The third-order valence-electron chi connectivity index (χ3n) is 4.79. The lowest BCUT2D eigenvalue weighted by Crippen LogP contribution is -2.53. The molecule has 1 amide bonds. The number of benzene rings is 1. The minimum atomic E-state index is -0.290. The second-order valence-electron chi connectivity index (χ2n) is 7.19. The second-order valence-corrected chi connectivity index (χ2v) is 7.19. The third-order valence-corrected chi connectivity index (χ3v) is 4.79. The Morgan fingerprint density at radius 1 is 1.20 bits per heavy atom. The van der Waals surface area contributed by atoms with Gasteiger partial charge < -0.3 is 9.64 Å². The molecule has 0 saturated carbocycles. The van der Waals surface area contributed by atoms with Gasteiger partial charge in [0, 0.05) is 19.0 Å². The number of carbonyl (C=O) groups excluding carboxylic acids is 1. The Hall–Kier alpha value is -1.35. The monoisotopic (exact) mass is 273 g/mol. The van der Waals surface area contributed by atoms with Crippen LogP contribution in [0.1, 0.15) is 32.3 Å². The van der Waals surface area contributed by atoms with E-state index in [0.717, 1.165) is 13.1 Å². The molecule has 1 atom stereocenters. The number of likely N-dealkylation sites (tertiary alicyclic amines) is 1. The average Bonchev–Trinajstić information content (AvgIpc) is 2.72. The van der Waals surface area contributed by atoms with Crippen molar-refractivity contribution in [2.75, 3.05) is 26.3 Å². The summed E-state index contributed by atoms with van der Waals surface area (Å²) in [7, 11) is 0. The van der Waals surface area contributed by atoms with E-state index in [-0.39, 0.29) is 16.7 Å². The largest absolute Gasteiger partial charge is 0.379 e. The maximum atomic E-state index is 12.7. The number of carbonyl (C=O) groups is 1. The summed E-state index contributed by atoms with van der Waals surface area (Å²) in [6, 6.07) is 10.6. The standard InChI is InChI=1S/C17H23NO2/c1-16(2)10-18(15(19)17(3)11-20-12-17)9-14(16)13-7-5-4-6-8-13/h4-8,14H,9-12H2,1-3H3/t14-/m1/s1. The fourth-order valence-electron chi connectivity index (χ4n) is 3.44. The summed E-state index contributed by atoms with van der Waals surface area (Å²) in [6.45, 7) is 9.33. The van der Waals surface area contributed by atoms with E-state index in [1.807, 2.05) is 17.9 Å². The van der Waals surface area contributed by atoms with Gasteiger partial charge in [-0.2, -0.15) is 0 Å². The molecule has 3 nitrogen and oxygen atoms in total. The zero-order valence-corrected chi connectivity index (χ0v) is 12.6. The topological polar surface area (TPSA) is 29.5 Å². The highest BCUT2D eigenvalue weighted by Crippen LogP contribution is 2.44. The molecule has 2 aliphatic rings. The maximum Gasteiger partial charge on any atom is 0.233 e. The van der Waals surface area contributed by atoms with Crippen LogP contribution in [0.4, 0.5) is 0 Å². The first-order valence-corrected chi connectivity index (χ1v) is 7.34. The van der Waals surface area contributed by atoms with Crippen LogP contribution in [0.3, 0.4) is 0 Å². The molecule has 20 heavy (non-hydrogen) atoms. The summed E-state index contributed by atoms with van der Waals surface area (Å²) in [5.74, 6) is 0.674. The lowest BCUT2D eigenvalue weighted by Gasteiger charge is -2.39. The van der Waals surface area contributed by atoms with Crippen molar-refractivity contribution >= 4 is 5.91 Å². The lowest BCUT2D eigenvalue weighted by molar-refractivity contribution is -0.168. The average molecular weight is 273 g/mol. The van der Waals surface area contributed by atoms with Gasteiger partial charge in [0.15, 0.2) is 0 Å². The van der Waals surface area contributed by atoms with E-state index in [0.29, 0.717) is 19.1 Å². The fourth-order valence-corrected chi connectivity index (χ4v) is 3.44. The zero-order chi connectivity index (χ0) is 14.4. The Labute approximate surface area is 120 Å². The molecular formula is C17H23NO2. The maximum absolute atomic E-state index is 12.7. The van der Waals surface area contributed by atoms with Crippen LogP contribution in [0.2, 0.25) is 0 Å². The van der Waals surface area contributed by atoms with Crippen LogP contribution in [0.5, 0.6) is 0 Å². The number of ether oxygens (including phenoxy) is 1. The predicted molar refractivity (Wildman–Crippen MR) is 78.5 cm³/mol. The first-order chi connectivity index (χ1) is 9.42. The molecule has 0 spiro atoms. The van der Waals surface area contributed by atoms with Gasteiger partial charge in [-0.1, -0.05) is 44.2 Å². The predicted octanol–water partition coefficient (Wildman–Crippen LogP) is 2.68. The van der Waals surface area contributed by atoms with E-state index in [9.17, 15) is 4.79 Å².